The fourth-order valence-corrected chi connectivity index (χ4v) is 3.87. The highest BCUT2D eigenvalue weighted by Gasteiger charge is 2.23. The van der Waals surface area contributed by atoms with Crippen molar-refractivity contribution in [2.75, 3.05) is 20.6 Å². The lowest BCUT2D eigenvalue weighted by Crippen LogP contribution is -2.35. The average molecular weight is 336 g/mol. The molecule has 23 heavy (non-hydrogen) atoms. The molecule has 124 valence electrons. The topological polar surface area (TPSA) is 49.4 Å². The lowest BCUT2D eigenvalue weighted by atomic mass is 10.1. The molecule has 0 aromatic heterocycles. The molecule has 0 saturated heterocycles. The Balaban J connectivity index is 2.34. The number of benzene rings is 2. The van der Waals surface area contributed by atoms with E-state index >= 15 is 0 Å². The second kappa shape index (κ2) is 7.21. The number of nitrogens with one attached hydrogen (secondary N) is 1. The van der Waals surface area contributed by atoms with Gasteiger partial charge in [0.15, 0.2) is 0 Å². The van der Waals surface area contributed by atoms with Gasteiger partial charge in [-0.1, -0.05) is 30.3 Å². The smallest absolute Gasteiger partial charge is 0.241 e. The van der Waals surface area contributed by atoms with Crippen molar-refractivity contribution < 1.29 is 12.8 Å². The maximum atomic E-state index is 13.2. The molecule has 0 bridgehead atoms. The van der Waals surface area contributed by atoms with E-state index in [1.54, 1.807) is 6.92 Å². The summed E-state index contributed by atoms with van der Waals surface area (Å²) in [7, 11) is 0.0206. The second-order valence-electron chi connectivity index (χ2n) is 5.76. The monoisotopic (exact) mass is 336 g/mol. The quantitative estimate of drug-likeness (QED) is 0.882. The molecule has 0 saturated carbocycles. The second-order valence-corrected chi connectivity index (χ2v) is 7.44. The molecule has 1 N–H and O–H groups in total. The summed E-state index contributed by atoms with van der Waals surface area (Å²) in [5.74, 6) is -0.450. The highest BCUT2D eigenvalue weighted by Crippen LogP contribution is 2.21. The molecule has 0 amide bonds. The highest BCUT2D eigenvalue weighted by atomic mass is 32.2. The van der Waals surface area contributed by atoms with Crippen molar-refractivity contribution in [1.82, 2.24) is 9.62 Å². The van der Waals surface area contributed by atoms with Crippen molar-refractivity contribution in [3.05, 3.63) is 65.5 Å². The molecular weight excluding hydrogens is 315 g/mol. The predicted octanol–water partition coefficient (Wildman–Crippen LogP) is 2.72. The van der Waals surface area contributed by atoms with E-state index in [4.69, 9.17) is 0 Å². The van der Waals surface area contributed by atoms with Crippen LogP contribution in [0.5, 0.6) is 0 Å². The van der Waals surface area contributed by atoms with E-state index in [1.807, 2.05) is 49.3 Å². The van der Waals surface area contributed by atoms with E-state index in [2.05, 4.69) is 4.72 Å². The molecule has 0 heterocycles. The Bertz CT molecular complexity index is 761. The zero-order chi connectivity index (χ0) is 17.0. The zero-order valence-electron chi connectivity index (χ0n) is 13.5. The standard InChI is InChI=1S/C17H21FN2O2S/c1-13-11-15(18)9-10-17(13)23(21,22)19-16(12-20(2)3)14-7-5-4-6-8-14/h4-11,16,19H,12H2,1-3H3/t16-/m0/s1. The minimum Gasteiger partial charge on any atom is -0.307 e. The third-order valence-corrected chi connectivity index (χ3v) is 5.11. The molecular formula is C17H21FN2O2S. The van der Waals surface area contributed by atoms with Gasteiger partial charge in [0, 0.05) is 6.54 Å². The third-order valence-electron chi connectivity index (χ3n) is 3.47. The Morgan fingerprint density at radius 3 is 2.35 bits per heavy atom. The molecule has 0 radical (unpaired) electrons. The van der Waals surface area contributed by atoms with Gasteiger partial charge in [-0.2, -0.15) is 0 Å². The molecule has 0 fully saturated rings. The van der Waals surface area contributed by atoms with E-state index < -0.39 is 15.8 Å². The van der Waals surface area contributed by atoms with Crippen molar-refractivity contribution in [1.29, 1.82) is 0 Å². The van der Waals surface area contributed by atoms with Crippen molar-refractivity contribution in [2.24, 2.45) is 0 Å². The van der Waals surface area contributed by atoms with E-state index in [-0.39, 0.29) is 10.9 Å². The molecule has 2 aromatic rings. The van der Waals surface area contributed by atoms with Crippen molar-refractivity contribution in [2.45, 2.75) is 17.9 Å². The van der Waals surface area contributed by atoms with Gasteiger partial charge in [0.25, 0.3) is 0 Å². The Morgan fingerprint density at radius 2 is 1.78 bits per heavy atom. The predicted molar refractivity (Wildman–Crippen MR) is 89.2 cm³/mol. The van der Waals surface area contributed by atoms with Gasteiger partial charge >= 0.3 is 0 Å². The Labute approximate surface area is 137 Å². The van der Waals surface area contributed by atoms with Crippen LogP contribution < -0.4 is 4.72 Å². The van der Waals surface area contributed by atoms with E-state index in [0.717, 1.165) is 11.6 Å². The van der Waals surface area contributed by atoms with Gasteiger partial charge in [0.1, 0.15) is 5.82 Å². The van der Waals surface area contributed by atoms with Crippen LogP contribution in [-0.4, -0.2) is 34.0 Å². The van der Waals surface area contributed by atoms with Gasteiger partial charge in [-0.25, -0.2) is 17.5 Å². The fourth-order valence-electron chi connectivity index (χ4n) is 2.43. The molecule has 0 unspecified atom stereocenters. The number of aryl methyl sites for hydroxylation is 1. The number of sulfonamides is 1. The molecule has 0 aliphatic rings. The Morgan fingerprint density at radius 1 is 1.13 bits per heavy atom. The third kappa shape index (κ3) is 4.60. The zero-order valence-corrected chi connectivity index (χ0v) is 14.3. The first-order chi connectivity index (χ1) is 10.8. The number of hydrogen-bond donors (Lipinski definition) is 1. The molecule has 2 aromatic carbocycles. The lowest BCUT2D eigenvalue weighted by molar-refractivity contribution is 0.363. The maximum Gasteiger partial charge on any atom is 0.241 e. The summed E-state index contributed by atoms with van der Waals surface area (Å²) in [5, 5.41) is 0. The van der Waals surface area contributed by atoms with E-state index in [0.29, 0.717) is 12.1 Å². The van der Waals surface area contributed by atoms with Crippen LogP contribution in [-0.2, 0) is 10.0 Å². The molecule has 6 heteroatoms. The number of rotatable bonds is 6. The van der Waals surface area contributed by atoms with E-state index in [9.17, 15) is 12.8 Å². The van der Waals surface area contributed by atoms with Gasteiger partial charge < -0.3 is 4.90 Å². The van der Waals surface area contributed by atoms with Gasteiger partial charge in [-0.15, -0.1) is 0 Å². The summed E-state index contributed by atoms with van der Waals surface area (Å²) < 4.78 is 41.3. The Hall–Kier alpha value is -1.76. The summed E-state index contributed by atoms with van der Waals surface area (Å²) in [6.45, 7) is 2.10. The van der Waals surface area contributed by atoms with Crippen LogP contribution in [0.1, 0.15) is 17.2 Å². The lowest BCUT2D eigenvalue weighted by Gasteiger charge is -2.23. The Kier molecular flexibility index (Phi) is 5.51. The van der Waals surface area contributed by atoms with Crippen molar-refractivity contribution in [3.8, 4) is 0 Å². The van der Waals surface area contributed by atoms with Crippen LogP contribution >= 0.6 is 0 Å². The van der Waals surface area contributed by atoms with Gasteiger partial charge in [-0.3, -0.25) is 0 Å². The summed E-state index contributed by atoms with van der Waals surface area (Å²) in [4.78, 5) is 2.01. The summed E-state index contributed by atoms with van der Waals surface area (Å²) in [5.41, 5.74) is 1.26. The molecule has 0 aliphatic heterocycles. The van der Waals surface area contributed by atoms with Gasteiger partial charge in [0.05, 0.1) is 10.9 Å². The molecule has 2 rings (SSSR count). The normalized spacial score (nSPS) is 13.3. The van der Waals surface area contributed by atoms with Crippen molar-refractivity contribution >= 4 is 10.0 Å². The van der Waals surface area contributed by atoms with Crippen molar-refractivity contribution in [3.63, 3.8) is 0 Å². The summed E-state index contributed by atoms with van der Waals surface area (Å²) in [6, 6.07) is 12.7. The van der Waals surface area contributed by atoms with Crippen LogP contribution in [0.15, 0.2) is 53.4 Å². The van der Waals surface area contributed by atoms with Crippen LogP contribution in [0.25, 0.3) is 0 Å². The highest BCUT2D eigenvalue weighted by molar-refractivity contribution is 7.89. The minimum atomic E-state index is -3.74. The minimum absolute atomic E-state index is 0.0959. The van der Waals surface area contributed by atoms with Gasteiger partial charge in [-0.05, 0) is 50.3 Å². The first-order valence-corrected chi connectivity index (χ1v) is 8.76. The number of hydrogen-bond acceptors (Lipinski definition) is 3. The first kappa shape index (κ1) is 17.6. The van der Waals surface area contributed by atoms with Gasteiger partial charge in [0.2, 0.25) is 10.0 Å². The summed E-state index contributed by atoms with van der Waals surface area (Å²) >= 11 is 0. The fraction of sp³-hybridized carbons (Fsp3) is 0.294. The van der Waals surface area contributed by atoms with E-state index in [1.165, 1.54) is 12.1 Å². The maximum absolute atomic E-state index is 13.2. The SMILES string of the molecule is Cc1cc(F)ccc1S(=O)(=O)N[C@@H](CN(C)C)c1ccccc1. The number of likely N-dealkylation sites (N-methyl/N-ethyl adjacent to an activating group) is 1. The largest absolute Gasteiger partial charge is 0.307 e. The number of nitrogens with zero attached hydrogens (tertiary/aromatic N) is 1. The van der Waals surface area contributed by atoms with Crippen LogP contribution in [0.3, 0.4) is 0 Å². The van der Waals surface area contributed by atoms with Crippen LogP contribution in [0.2, 0.25) is 0 Å². The molecule has 4 nitrogen and oxygen atoms in total. The van der Waals surface area contributed by atoms with Crippen LogP contribution in [0.4, 0.5) is 4.39 Å². The molecule has 1 atom stereocenters. The summed E-state index contributed by atoms with van der Waals surface area (Å²) in [6.07, 6.45) is 0. The van der Waals surface area contributed by atoms with Crippen LogP contribution in [0, 0.1) is 12.7 Å². The first-order valence-electron chi connectivity index (χ1n) is 7.28. The molecule has 0 spiro atoms. The molecule has 0 aliphatic carbocycles. The average Bonchev–Trinajstić information content (AvgIpc) is 2.46. The number of halogens is 1.